The number of hydrogen-bond acceptors (Lipinski definition) is 5. The molecule has 0 unspecified atom stereocenters. The molecule has 196 valence electrons. The molecule has 37 heavy (non-hydrogen) atoms. The van der Waals surface area contributed by atoms with Gasteiger partial charge in [0.2, 0.25) is 11.8 Å². The summed E-state index contributed by atoms with van der Waals surface area (Å²) >= 11 is 0. The van der Waals surface area contributed by atoms with Crippen molar-refractivity contribution in [1.82, 2.24) is 10.2 Å². The van der Waals surface area contributed by atoms with Crippen molar-refractivity contribution in [3.05, 3.63) is 90.2 Å². The third kappa shape index (κ3) is 6.65. The quantitative estimate of drug-likeness (QED) is 0.411. The highest BCUT2D eigenvalue weighted by molar-refractivity contribution is 7.92. The Balaban J connectivity index is 2.05. The molecule has 3 aromatic rings. The maximum absolute atomic E-state index is 14.5. The second-order valence-electron chi connectivity index (χ2n) is 8.21. The van der Waals surface area contributed by atoms with E-state index in [4.69, 9.17) is 4.74 Å². The molecule has 0 spiro atoms. The summed E-state index contributed by atoms with van der Waals surface area (Å²) in [6, 6.07) is 19.0. The minimum Gasteiger partial charge on any atom is -0.497 e. The molecule has 1 N–H and O–H groups in total. The highest BCUT2D eigenvalue weighted by atomic mass is 32.2. The van der Waals surface area contributed by atoms with Crippen molar-refractivity contribution in [3.8, 4) is 5.75 Å². The third-order valence-electron chi connectivity index (χ3n) is 5.77. The first-order valence-corrected chi connectivity index (χ1v) is 13.2. The van der Waals surface area contributed by atoms with Gasteiger partial charge in [0.25, 0.3) is 10.0 Å². The molecule has 1 atom stereocenters. The van der Waals surface area contributed by atoms with E-state index in [-0.39, 0.29) is 22.7 Å². The first-order valence-electron chi connectivity index (χ1n) is 11.7. The minimum atomic E-state index is -4.19. The molecular weight excluding hydrogens is 497 g/mol. The van der Waals surface area contributed by atoms with Crippen molar-refractivity contribution in [3.63, 3.8) is 0 Å². The van der Waals surface area contributed by atoms with Gasteiger partial charge in [-0.1, -0.05) is 42.5 Å². The van der Waals surface area contributed by atoms with E-state index in [2.05, 4.69) is 5.32 Å². The topological polar surface area (TPSA) is 96.0 Å². The maximum atomic E-state index is 14.5. The van der Waals surface area contributed by atoms with Crippen LogP contribution in [-0.4, -0.2) is 51.4 Å². The zero-order valence-corrected chi connectivity index (χ0v) is 21.7. The number of methoxy groups -OCH3 is 1. The lowest BCUT2D eigenvalue weighted by atomic mass is 10.1. The van der Waals surface area contributed by atoms with Gasteiger partial charge in [0.15, 0.2) is 0 Å². The third-order valence-corrected chi connectivity index (χ3v) is 7.56. The SMILES string of the molecule is CCNC(=O)[C@H](C)N(Cc1ccccc1F)C(=O)CN(c1cccc(OC)c1)S(=O)(=O)c1ccccc1. The molecule has 0 saturated carbocycles. The lowest BCUT2D eigenvalue weighted by molar-refractivity contribution is -0.139. The van der Waals surface area contributed by atoms with Crippen molar-refractivity contribution in [1.29, 1.82) is 0 Å². The molecule has 0 heterocycles. The number of carbonyl (C=O) groups excluding carboxylic acids is 2. The summed E-state index contributed by atoms with van der Waals surface area (Å²) in [7, 11) is -2.74. The Labute approximate surface area is 216 Å². The Morgan fingerprint density at radius 3 is 2.32 bits per heavy atom. The Morgan fingerprint density at radius 2 is 1.68 bits per heavy atom. The Morgan fingerprint density at radius 1 is 1.00 bits per heavy atom. The molecular formula is C27H30FN3O5S. The van der Waals surface area contributed by atoms with E-state index in [1.165, 1.54) is 55.3 Å². The first kappa shape index (κ1) is 27.7. The van der Waals surface area contributed by atoms with Crippen LogP contribution in [0.3, 0.4) is 0 Å². The number of sulfonamides is 1. The van der Waals surface area contributed by atoms with Crippen molar-refractivity contribution in [2.24, 2.45) is 0 Å². The number of amides is 2. The van der Waals surface area contributed by atoms with Crippen molar-refractivity contribution < 1.29 is 27.1 Å². The molecule has 8 nitrogen and oxygen atoms in total. The number of anilines is 1. The molecule has 10 heteroatoms. The number of nitrogens with one attached hydrogen (secondary N) is 1. The van der Waals surface area contributed by atoms with Crippen LogP contribution in [-0.2, 0) is 26.2 Å². The normalized spacial score (nSPS) is 11.9. The molecule has 0 fully saturated rings. The van der Waals surface area contributed by atoms with Crippen LogP contribution in [0.2, 0.25) is 0 Å². The zero-order valence-electron chi connectivity index (χ0n) is 20.9. The smallest absolute Gasteiger partial charge is 0.264 e. The van der Waals surface area contributed by atoms with Crippen LogP contribution in [0.15, 0.2) is 83.8 Å². The van der Waals surface area contributed by atoms with Crippen molar-refractivity contribution in [2.75, 3.05) is 24.5 Å². The largest absolute Gasteiger partial charge is 0.497 e. The van der Waals surface area contributed by atoms with Crippen LogP contribution in [0.4, 0.5) is 10.1 Å². The van der Waals surface area contributed by atoms with E-state index in [0.29, 0.717) is 12.3 Å². The number of ether oxygens (including phenoxy) is 1. The lowest BCUT2D eigenvalue weighted by Crippen LogP contribution is -2.51. The fraction of sp³-hybridized carbons (Fsp3) is 0.259. The van der Waals surface area contributed by atoms with Crippen LogP contribution >= 0.6 is 0 Å². The average Bonchev–Trinajstić information content (AvgIpc) is 2.91. The standard InChI is InChI=1S/C27H30FN3O5S/c1-4-29-27(33)20(2)30(18-21-11-8-9-16-25(21)28)26(32)19-31(22-12-10-13-23(17-22)36-3)37(34,35)24-14-6-5-7-15-24/h5-17,20H,4,18-19H2,1-3H3,(H,29,33)/t20-/m0/s1. The Kier molecular flexibility index (Phi) is 9.24. The summed E-state index contributed by atoms with van der Waals surface area (Å²) in [4.78, 5) is 27.6. The minimum absolute atomic E-state index is 0.0111. The van der Waals surface area contributed by atoms with E-state index in [1.807, 2.05) is 0 Å². The van der Waals surface area contributed by atoms with E-state index < -0.39 is 40.2 Å². The van der Waals surface area contributed by atoms with Crippen LogP contribution in [0.5, 0.6) is 5.75 Å². The number of nitrogens with zero attached hydrogens (tertiary/aromatic N) is 2. The van der Waals surface area contributed by atoms with Gasteiger partial charge in [0.05, 0.1) is 17.7 Å². The van der Waals surface area contributed by atoms with Gasteiger partial charge in [-0.2, -0.15) is 0 Å². The number of carbonyl (C=O) groups is 2. The fourth-order valence-electron chi connectivity index (χ4n) is 3.73. The van der Waals surface area contributed by atoms with Gasteiger partial charge >= 0.3 is 0 Å². The summed E-state index contributed by atoms with van der Waals surface area (Å²) in [6.07, 6.45) is 0. The molecule has 0 saturated heterocycles. The van der Waals surface area contributed by atoms with Crippen LogP contribution in [0.1, 0.15) is 19.4 Å². The van der Waals surface area contributed by atoms with Gasteiger partial charge in [0.1, 0.15) is 24.2 Å². The second-order valence-corrected chi connectivity index (χ2v) is 10.1. The number of likely N-dealkylation sites (N-methyl/N-ethyl adjacent to an activating group) is 1. The number of rotatable bonds is 11. The number of benzene rings is 3. The van der Waals surface area contributed by atoms with Gasteiger partial charge in [0, 0.05) is 24.7 Å². The molecule has 2 amide bonds. The van der Waals surface area contributed by atoms with Crippen LogP contribution < -0.4 is 14.4 Å². The number of halogens is 1. The Hall–Kier alpha value is -3.92. The molecule has 0 aliphatic rings. The number of hydrogen-bond donors (Lipinski definition) is 1. The molecule has 0 bridgehead atoms. The van der Waals surface area contributed by atoms with Gasteiger partial charge < -0.3 is 15.0 Å². The highest BCUT2D eigenvalue weighted by Gasteiger charge is 2.32. The molecule has 0 aromatic heterocycles. The van der Waals surface area contributed by atoms with Gasteiger partial charge in [-0.15, -0.1) is 0 Å². The predicted molar refractivity (Wildman–Crippen MR) is 139 cm³/mol. The first-order chi connectivity index (χ1) is 17.7. The van der Waals surface area contributed by atoms with Crippen molar-refractivity contribution >= 4 is 27.5 Å². The van der Waals surface area contributed by atoms with Gasteiger partial charge in [-0.25, -0.2) is 12.8 Å². The Bertz CT molecular complexity index is 1330. The predicted octanol–water partition coefficient (Wildman–Crippen LogP) is 3.58. The second kappa shape index (κ2) is 12.4. The lowest BCUT2D eigenvalue weighted by Gasteiger charge is -2.32. The molecule has 3 aromatic carbocycles. The summed E-state index contributed by atoms with van der Waals surface area (Å²) < 4.78 is 48.1. The van der Waals surface area contributed by atoms with Gasteiger partial charge in [-0.05, 0) is 44.2 Å². The molecule has 0 radical (unpaired) electrons. The molecule has 3 rings (SSSR count). The molecule has 0 aliphatic carbocycles. The monoisotopic (exact) mass is 527 g/mol. The maximum Gasteiger partial charge on any atom is 0.264 e. The van der Waals surface area contributed by atoms with E-state index in [9.17, 15) is 22.4 Å². The fourth-order valence-corrected chi connectivity index (χ4v) is 5.16. The van der Waals surface area contributed by atoms with Crippen LogP contribution in [0.25, 0.3) is 0 Å². The highest BCUT2D eigenvalue weighted by Crippen LogP contribution is 2.27. The van der Waals surface area contributed by atoms with Crippen molar-refractivity contribution in [2.45, 2.75) is 31.3 Å². The summed E-state index contributed by atoms with van der Waals surface area (Å²) in [5, 5.41) is 2.66. The average molecular weight is 528 g/mol. The van der Waals surface area contributed by atoms with Gasteiger partial charge in [-0.3, -0.25) is 13.9 Å². The summed E-state index contributed by atoms with van der Waals surface area (Å²) in [6.45, 7) is 2.75. The molecule has 0 aliphatic heterocycles. The summed E-state index contributed by atoms with van der Waals surface area (Å²) in [5.74, 6) is -1.25. The zero-order chi connectivity index (χ0) is 27.0. The summed E-state index contributed by atoms with van der Waals surface area (Å²) in [5.41, 5.74) is 0.402. The van der Waals surface area contributed by atoms with E-state index in [1.54, 1.807) is 49.4 Å². The van der Waals surface area contributed by atoms with Crippen LogP contribution in [0, 0.1) is 5.82 Å². The van der Waals surface area contributed by atoms with E-state index in [0.717, 1.165) is 4.31 Å². The van der Waals surface area contributed by atoms with E-state index >= 15 is 0 Å².